The van der Waals surface area contributed by atoms with Crippen LogP contribution >= 0.6 is 23.2 Å². The third kappa shape index (κ3) is 4.08. The molecule has 142 valence electrons. The molecule has 1 N–H and O–H groups in total. The molecule has 6 nitrogen and oxygen atoms in total. The summed E-state index contributed by atoms with van der Waals surface area (Å²) in [6.07, 6.45) is 2.88. The van der Waals surface area contributed by atoms with E-state index in [-0.39, 0.29) is 17.9 Å². The maximum absolute atomic E-state index is 12.9. The Morgan fingerprint density at radius 1 is 1.07 bits per heavy atom. The van der Waals surface area contributed by atoms with Crippen molar-refractivity contribution in [1.82, 2.24) is 5.32 Å². The van der Waals surface area contributed by atoms with Crippen LogP contribution in [0.2, 0.25) is 10.0 Å². The number of halogens is 2. The number of urea groups is 1. The van der Waals surface area contributed by atoms with Gasteiger partial charge in [-0.1, -0.05) is 41.9 Å². The molecule has 2 aromatic rings. The van der Waals surface area contributed by atoms with Gasteiger partial charge in [0.15, 0.2) is 0 Å². The van der Waals surface area contributed by atoms with E-state index in [1.54, 1.807) is 36.4 Å². The average molecular weight is 417 g/mol. The highest BCUT2D eigenvalue weighted by Crippen LogP contribution is 2.28. The van der Waals surface area contributed by atoms with Crippen LogP contribution in [0.25, 0.3) is 6.08 Å². The standard InChI is InChI=1S/C20H14Cl2N2O4/c1-2-8-28-17-7-6-14(22)9-12(17)10-16-18(25)23-20(27)24(19(16)26)15-5-3-4-13(21)11-15/h2-7,9-11H,1,8H2,(H,23,25,27)/b16-10+. The smallest absolute Gasteiger partial charge is 0.335 e. The lowest BCUT2D eigenvalue weighted by molar-refractivity contribution is -0.122. The van der Waals surface area contributed by atoms with Gasteiger partial charge in [-0.2, -0.15) is 0 Å². The van der Waals surface area contributed by atoms with Gasteiger partial charge in [-0.05, 0) is 42.5 Å². The van der Waals surface area contributed by atoms with Crippen molar-refractivity contribution in [2.24, 2.45) is 0 Å². The highest BCUT2D eigenvalue weighted by atomic mass is 35.5. The quantitative estimate of drug-likeness (QED) is 0.449. The number of hydrogen-bond donors (Lipinski definition) is 1. The molecule has 8 heteroatoms. The summed E-state index contributed by atoms with van der Waals surface area (Å²) >= 11 is 12.0. The second-order valence-electron chi connectivity index (χ2n) is 5.72. The van der Waals surface area contributed by atoms with Gasteiger partial charge >= 0.3 is 6.03 Å². The monoisotopic (exact) mass is 416 g/mol. The second kappa shape index (κ2) is 8.29. The van der Waals surface area contributed by atoms with Crippen LogP contribution in [0.5, 0.6) is 5.75 Å². The largest absolute Gasteiger partial charge is 0.489 e. The van der Waals surface area contributed by atoms with Crippen molar-refractivity contribution in [3.63, 3.8) is 0 Å². The molecule has 0 radical (unpaired) electrons. The fourth-order valence-corrected chi connectivity index (χ4v) is 2.94. The predicted octanol–water partition coefficient (Wildman–Crippen LogP) is 4.22. The first-order valence-corrected chi connectivity index (χ1v) is 8.86. The Labute approximate surface area is 171 Å². The van der Waals surface area contributed by atoms with E-state index >= 15 is 0 Å². The minimum Gasteiger partial charge on any atom is -0.489 e. The zero-order valence-corrected chi connectivity index (χ0v) is 16.0. The summed E-state index contributed by atoms with van der Waals surface area (Å²) in [5.41, 5.74) is 0.404. The van der Waals surface area contributed by atoms with E-state index in [0.29, 0.717) is 21.4 Å². The van der Waals surface area contributed by atoms with Gasteiger partial charge in [-0.3, -0.25) is 14.9 Å². The van der Waals surface area contributed by atoms with Crippen molar-refractivity contribution < 1.29 is 19.1 Å². The molecule has 1 aliphatic heterocycles. The highest BCUT2D eigenvalue weighted by molar-refractivity contribution is 6.39. The van der Waals surface area contributed by atoms with E-state index in [4.69, 9.17) is 27.9 Å². The SMILES string of the molecule is C=CCOc1ccc(Cl)cc1/C=C1\C(=O)NC(=O)N(c2cccc(Cl)c2)C1=O. The number of amides is 4. The van der Waals surface area contributed by atoms with Gasteiger partial charge < -0.3 is 4.74 Å². The van der Waals surface area contributed by atoms with E-state index in [1.807, 2.05) is 0 Å². The third-order valence-corrected chi connectivity index (χ3v) is 4.27. The summed E-state index contributed by atoms with van der Waals surface area (Å²) in [6.45, 7) is 3.81. The minimum atomic E-state index is -0.858. The average Bonchev–Trinajstić information content (AvgIpc) is 2.64. The number of nitrogens with zero attached hydrogens (tertiary/aromatic N) is 1. The number of imide groups is 2. The number of rotatable bonds is 5. The zero-order chi connectivity index (χ0) is 20.3. The molecule has 0 aliphatic carbocycles. The Morgan fingerprint density at radius 2 is 1.82 bits per heavy atom. The molecule has 1 saturated heterocycles. The fraction of sp³-hybridized carbons (Fsp3) is 0.0500. The topological polar surface area (TPSA) is 75.7 Å². The van der Waals surface area contributed by atoms with E-state index in [2.05, 4.69) is 11.9 Å². The summed E-state index contributed by atoms with van der Waals surface area (Å²) in [7, 11) is 0. The van der Waals surface area contributed by atoms with Gasteiger partial charge in [0.05, 0.1) is 5.69 Å². The minimum absolute atomic E-state index is 0.227. The van der Waals surface area contributed by atoms with Crippen LogP contribution in [-0.2, 0) is 9.59 Å². The van der Waals surface area contributed by atoms with Gasteiger partial charge in [0.2, 0.25) is 0 Å². The summed E-state index contributed by atoms with van der Waals surface area (Å²) in [6, 6.07) is 10.1. The van der Waals surface area contributed by atoms with Crippen LogP contribution in [0.4, 0.5) is 10.5 Å². The maximum Gasteiger partial charge on any atom is 0.335 e. The molecule has 28 heavy (non-hydrogen) atoms. The first-order chi connectivity index (χ1) is 13.4. The van der Waals surface area contributed by atoms with E-state index < -0.39 is 17.8 Å². The first-order valence-electron chi connectivity index (χ1n) is 8.11. The van der Waals surface area contributed by atoms with Gasteiger partial charge in [-0.15, -0.1) is 0 Å². The lowest BCUT2D eigenvalue weighted by atomic mass is 10.1. The van der Waals surface area contributed by atoms with Crippen LogP contribution in [-0.4, -0.2) is 24.5 Å². The van der Waals surface area contributed by atoms with E-state index in [9.17, 15) is 14.4 Å². The van der Waals surface area contributed by atoms with Crippen LogP contribution in [0.1, 0.15) is 5.56 Å². The molecule has 0 bridgehead atoms. The lowest BCUT2D eigenvalue weighted by Gasteiger charge is -2.26. The normalized spacial score (nSPS) is 15.6. The number of barbiturate groups is 1. The molecule has 0 unspecified atom stereocenters. The van der Waals surface area contributed by atoms with Crippen molar-refractivity contribution in [2.75, 3.05) is 11.5 Å². The zero-order valence-electron chi connectivity index (χ0n) is 14.4. The van der Waals surface area contributed by atoms with Crippen LogP contribution < -0.4 is 15.0 Å². The summed E-state index contributed by atoms with van der Waals surface area (Å²) in [4.78, 5) is 38.3. The van der Waals surface area contributed by atoms with Gasteiger partial charge in [0, 0.05) is 15.6 Å². The van der Waals surface area contributed by atoms with Crippen molar-refractivity contribution in [2.45, 2.75) is 0 Å². The van der Waals surface area contributed by atoms with Gasteiger partial charge in [0.25, 0.3) is 11.8 Å². The van der Waals surface area contributed by atoms with Gasteiger partial charge in [-0.25, -0.2) is 9.69 Å². The molecule has 2 aromatic carbocycles. The summed E-state index contributed by atoms with van der Waals surface area (Å²) in [5.74, 6) is -1.20. The Kier molecular flexibility index (Phi) is 5.82. The van der Waals surface area contributed by atoms with Crippen molar-refractivity contribution >= 4 is 52.8 Å². The molecule has 1 aliphatic rings. The van der Waals surface area contributed by atoms with Crippen molar-refractivity contribution in [3.8, 4) is 5.75 Å². The van der Waals surface area contributed by atoms with Gasteiger partial charge in [0.1, 0.15) is 17.9 Å². The van der Waals surface area contributed by atoms with Crippen molar-refractivity contribution in [3.05, 3.63) is 76.3 Å². The Bertz CT molecular complexity index is 1020. The summed E-state index contributed by atoms with van der Waals surface area (Å²) < 4.78 is 5.54. The number of nitrogens with one attached hydrogen (secondary N) is 1. The molecule has 0 spiro atoms. The van der Waals surface area contributed by atoms with Crippen LogP contribution in [0.3, 0.4) is 0 Å². The van der Waals surface area contributed by atoms with Crippen LogP contribution in [0.15, 0.2) is 60.7 Å². The molecule has 1 heterocycles. The fourth-order valence-electron chi connectivity index (χ4n) is 2.57. The predicted molar refractivity (Wildman–Crippen MR) is 108 cm³/mol. The molecule has 1 fully saturated rings. The number of hydrogen-bond acceptors (Lipinski definition) is 4. The number of carbonyl (C=O) groups is 3. The molecule has 0 saturated carbocycles. The number of carbonyl (C=O) groups excluding carboxylic acids is 3. The molecule has 0 aromatic heterocycles. The Morgan fingerprint density at radius 3 is 2.54 bits per heavy atom. The first kappa shape index (κ1) is 19.7. The molecular weight excluding hydrogens is 403 g/mol. The summed E-state index contributed by atoms with van der Waals surface area (Å²) in [5, 5.41) is 2.89. The second-order valence-corrected chi connectivity index (χ2v) is 6.59. The number of anilines is 1. The van der Waals surface area contributed by atoms with E-state index in [0.717, 1.165) is 4.90 Å². The molecule has 3 rings (SSSR count). The highest BCUT2D eigenvalue weighted by Gasteiger charge is 2.37. The lowest BCUT2D eigenvalue weighted by Crippen LogP contribution is -2.54. The third-order valence-electron chi connectivity index (χ3n) is 3.80. The maximum atomic E-state index is 12.9. The molecule has 4 amide bonds. The number of benzene rings is 2. The van der Waals surface area contributed by atoms with Crippen LogP contribution in [0, 0.1) is 0 Å². The number of ether oxygens (including phenoxy) is 1. The van der Waals surface area contributed by atoms with Crippen molar-refractivity contribution in [1.29, 1.82) is 0 Å². The van der Waals surface area contributed by atoms with E-state index in [1.165, 1.54) is 18.2 Å². The molecule has 0 atom stereocenters. The Hall–Kier alpha value is -3.09. The Balaban J connectivity index is 2.04. The molecular formula is C20H14Cl2N2O4.